The molecule has 0 spiro atoms. The van der Waals surface area contributed by atoms with Gasteiger partial charge in [-0.05, 0) is 168 Å². The second-order valence-corrected chi connectivity index (χ2v) is 19.7. The molecule has 12 rings (SSSR count). The summed E-state index contributed by atoms with van der Waals surface area (Å²) in [4.78, 5) is 2.43. The molecule has 0 atom stereocenters. The number of allylic oxidation sites excluding steroid dienone is 4. The molecule has 0 amide bonds. The van der Waals surface area contributed by atoms with Crippen molar-refractivity contribution in [2.24, 2.45) is 0 Å². The Kier molecular flexibility index (Phi) is 9.73. The van der Waals surface area contributed by atoms with Crippen molar-refractivity contribution in [3.63, 3.8) is 0 Å². The highest BCUT2D eigenvalue weighted by atomic mass is 15.1. The van der Waals surface area contributed by atoms with Gasteiger partial charge in [0.25, 0.3) is 0 Å². The van der Waals surface area contributed by atoms with E-state index in [0.29, 0.717) is 0 Å². The smallest absolute Gasteiger partial charge is 0.0465 e. The van der Waals surface area contributed by atoms with Crippen LogP contribution in [-0.4, -0.2) is 0 Å². The number of hydrogen-bond donors (Lipinski definition) is 0. The van der Waals surface area contributed by atoms with Gasteiger partial charge in [0.15, 0.2) is 0 Å². The Labute approximate surface area is 396 Å². The lowest BCUT2D eigenvalue weighted by Crippen LogP contribution is -2.16. The molecule has 0 radical (unpaired) electrons. The standard InChI is InChI=1S/C66H53N/c1-65(2)61-21-12-11-20-57(61)58-37-30-53(41-62(58)65)49-28-34-55(35-29-49)67(54-32-26-48(27-33-54)51-19-13-18-50(40-51)45-16-9-6-10-17-45)56-36-39-60-59-38-31-52(42-63(59)66(3,4)64(60)43-56)47-24-22-46(23-25-47)44-14-7-5-8-15-44/h5-7,9-14,16-43H,8,15H2,1-4H3. The Morgan fingerprint density at radius 3 is 1.33 bits per heavy atom. The molecular weight excluding hydrogens is 807 g/mol. The Balaban J connectivity index is 0.905. The van der Waals surface area contributed by atoms with Crippen molar-refractivity contribution in [1.82, 2.24) is 0 Å². The number of rotatable bonds is 8. The maximum atomic E-state index is 2.45. The van der Waals surface area contributed by atoms with Gasteiger partial charge in [0.1, 0.15) is 0 Å². The van der Waals surface area contributed by atoms with Gasteiger partial charge in [0.05, 0.1) is 0 Å². The van der Waals surface area contributed by atoms with Crippen molar-refractivity contribution in [2.75, 3.05) is 4.90 Å². The Bertz CT molecular complexity index is 3420. The molecule has 3 aliphatic rings. The average molecular weight is 860 g/mol. The zero-order chi connectivity index (χ0) is 45.3. The predicted molar refractivity (Wildman–Crippen MR) is 284 cm³/mol. The van der Waals surface area contributed by atoms with Crippen LogP contribution < -0.4 is 4.90 Å². The van der Waals surface area contributed by atoms with Crippen LogP contribution in [0.5, 0.6) is 0 Å². The summed E-state index contributed by atoms with van der Waals surface area (Å²) >= 11 is 0. The molecule has 1 nitrogen and oxygen atoms in total. The van der Waals surface area contributed by atoms with E-state index in [1.165, 1.54) is 100 Å². The van der Waals surface area contributed by atoms with E-state index in [1.54, 1.807) is 0 Å². The molecule has 322 valence electrons. The van der Waals surface area contributed by atoms with E-state index in [0.717, 1.165) is 29.9 Å². The minimum atomic E-state index is -0.194. The fourth-order valence-electron chi connectivity index (χ4n) is 11.2. The van der Waals surface area contributed by atoms with Crippen LogP contribution in [-0.2, 0) is 10.8 Å². The minimum Gasteiger partial charge on any atom is -0.310 e. The number of hydrogen-bond acceptors (Lipinski definition) is 1. The lowest BCUT2D eigenvalue weighted by atomic mass is 9.81. The molecule has 0 N–H and O–H groups in total. The van der Waals surface area contributed by atoms with Crippen molar-refractivity contribution < 1.29 is 0 Å². The average Bonchev–Trinajstić information content (AvgIpc) is 3.75. The highest BCUT2D eigenvalue weighted by Crippen LogP contribution is 2.53. The van der Waals surface area contributed by atoms with Gasteiger partial charge in [-0.3, -0.25) is 0 Å². The summed E-state index contributed by atoms with van der Waals surface area (Å²) in [7, 11) is 0. The van der Waals surface area contributed by atoms with Crippen LogP contribution in [0.4, 0.5) is 17.1 Å². The summed E-state index contributed by atoms with van der Waals surface area (Å²) in [6, 6.07) is 77.1. The Morgan fingerprint density at radius 2 is 0.746 bits per heavy atom. The Hall–Kier alpha value is -7.74. The van der Waals surface area contributed by atoms with Crippen LogP contribution in [0.2, 0.25) is 0 Å². The van der Waals surface area contributed by atoms with E-state index in [9.17, 15) is 0 Å². The molecule has 0 unspecified atom stereocenters. The largest absolute Gasteiger partial charge is 0.310 e. The summed E-state index contributed by atoms with van der Waals surface area (Å²) in [5, 5.41) is 0. The lowest BCUT2D eigenvalue weighted by molar-refractivity contribution is 0.660. The first-order valence-corrected chi connectivity index (χ1v) is 23.9. The number of benzene rings is 9. The van der Waals surface area contributed by atoms with Crippen LogP contribution >= 0.6 is 0 Å². The van der Waals surface area contributed by atoms with Crippen molar-refractivity contribution in [2.45, 2.75) is 51.4 Å². The molecular formula is C66H53N. The minimum absolute atomic E-state index is 0.0492. The van der Waals surface area contributed by atoms with Crippen molar-refractivity contribution in [3.05, 3.63) is 252 Å². The summed E-state index contributed by atoms with van der Waals surface area (Å²) in [5.41, 5.74) is 26.5. The van der Waals surface area contributed by atoms with Gasteiger partial charge in [-0.1, -0.05) is 198 Å². The van der Waals surface area contributed by atoms with Gasteiger partial charge in [0.2, 0.25) is 0 Å². The third-order valence-corrected chi connectivity index (χ3v) is 15.0. The molecule has 3 aliphatic carbocycles. The van der Waals surface area contributed by atoms with E-state index in [-0.39, 0.29) is 10.8 Å². The third kappa shape index (κ3) is 7.00. The fourth-order valence-corrected chi connectivity index (χ4v) is 11.2. The SMILES string of the molecule is CC1(C)c2ccccc2-c2ccc(-c3ccc(N(c4ccc(-c5cccc(-c6ccccc6)c5)cc4)c4ccc5c(c4)C(C)(C)c4cc(-c6ccc(C7=CC=CCC7)cc6)ccc4-5)cc3)cc21. The molecule has 9 aromatic rings. The Morgan fingerprint density at radius 1 is 0.328 bits per heavy atom. The normalized spacial score (nSPS) is 14.7. The quantitative estimate of drug-likeness (QED) is 0.147. The molecule has 0 saturated carbocycles. The van der Waals surface area contributed by atoms with E-state index < -0.39 is 0 Å². The second-order valence-electron chi connectivity index (χ2n) is 19.7. The monoisotopic (exact) mass is 859 g/mol. The van der Waals surface area contributed by atoms with Gasteiger partial charge < -0.3 is 4.90 Å². The van der Waals surface area contributed by atoms with Crippen molar-refractivity contribution >= 4 is 22.6 Å². The van der Waals surface area contributed by atoms with E-state index in [1.807, 2.05) is 0 Å². The van der Waals surface area contributed by atoms with Crippen LogP contribution in [0.1, 0.15) is 68.4 Å². The molecule has 0 saturated heterocycles. The van der Waals surface area contributed by atoms with E-state index in [4.69, 9.17) is 0 Å². The zero-order valence-corrected chi connectivity index (χ0v) is 38.7. The summed E-state index contributed by atoms with van der Waals surface area (Å²) < 4.78 is 0. The number of fused-ring (bicyclic) bond motifs is 6. The van der Waals surface area contributed by atoms with E-state index >= 15 is 0 Å². The molecule has 67 heavy (non-hydrogen) atoms. The molecule has 1 heteroatoms. The van der Waals surface area contributed by atoms with E-state index in [2.05, 4.69) is 257 Å². The summed E-state index contributed by atoms with van der Waals surface area (Å²) in [6.07, 6.45) is 8.91. The van der Waals surface area contributed by atoms with Gasteiger partial charge in [0, 0.05) is 27.9 Å². The first kappa shape index (κ1) is 40.7. The molecule has 0 bridgehead atoms. The second kappa shape index (κ2) is 16.0. The fraction of sp³-hybridized carbons (Fsp3) is 0.121. The third-order valence-electron chi connectivity index (χ3n) is 15.0. The first-order valence-electron chi connectivity index (χ1n) is 23.9. The molecule has 0 aromatic heterocycles. The molecule has 0 fully saturated rings. The summed E-state index contributed by atoms with van der Waals surface area (Å²) in [6.45, 7) is 9.50. The van der Waals surface area contributed by atoms with Crippen molar-refractivity contribution in [3.8, 4) is 66.8 Å². The van der Waals surface area contributed by atoms with Gasteiger partial charge in [-0.15, -0.1) is 0 Å². The van der Waals surface area contributed by atoms with Crippen LogP contribution in [0.15, 0.2) is 224 Å². The topological polar surface area (TPSA) is 3.24 Å². The highest BCUT2D eigenvalue weighted by molar-refractivity contribution is 5.89. The van der Waals surface area contributed by atoms with Crippen LogP contribution in [0.25, 0.3) is 72.3 Å². The number of nitrogens with zero attached hydrogens (tertiary/aromatic N) is 1. The first-order chi connectivity index (χ1) is 32.7. The molecule has 0 aliphatic heterocycles. The maximum absolute atomic E-state index is 2.45. The van der Waals surface area contributed by atoms with Gasteiger partial charge >= 0.3 is 0 Å². The van der Waals surface area contributed by atoms with Gasteiger partial charge in [-0.25, -0.2) is 0 Å². The van der Waals surface area contributed by atoms with Crippen LogP contribution in [0.3, 0.4) is 0 Å². The van der Waals surface area contributed by atoms with Gasteiger partial charge in [-0.2, -0.15) is 0 Å². The van der Waals surface area contributed by atoms with Crippen LogP contribution in [0, 0.1) is 0 Å². The highest BCUT2D eigenvalue weighted by Gasteiger charge is 2.37. The zero-order valence-electron chi connectivity index (χ0n) is 38.7. The lowest BCUT2D eigenvalue weighted by Gasteiger charge is -2.28. The summed E-state index contributed by atoms with van der Waals surface area (Å²) in [5.74, 6) is 0. The maximum Gasteiger partial charge on any atom is 0.0465 e. The molecule has 0 heterocycles. The molecule has 9 aromatic carbocycles. The predicted octanol–water partition coefficient (Wildman–Crippen LogP) is 18.2. The van der Waals surface area contributed by atoms with Crippen molar-refractivity contribution in [1.29, 1.82) is 0 Å². The number of anilines is 3.